The zero-order valence-corrected chi connectivity index (χ0v) is 10.3. The van der Waals surface area contributed by atoms with Crippen molar-refractivity contribution in [2.24, 2.45) is 0 Å². The minimum Gasteiger partial charge on any atom is -0.445 e. The number of aldehydes is 1. The summed E-state index contributed by atoms with van der Waals surface area (Å²) in [7, 11) is -2.99. The quantitative estimate of drug-likeness (QED) is 0.750. The predicted octanol–water partition coefficient (Wildman–Crippen LogP) is 0.926. The first kappa shape index (κ1) is 12.3. The fraction of sp³-hybridized carbons (Fsp3) is 0.636. The van der Waals surface area contributed by atoms with Crippen molar-refractivity contribution >= 4 is 16.1 Å². The second kappa shape index (κ2) is 5.00. The molecule has 2 rings (SSSR count). The SMILES string of the molecule is O=CCc1cnc(CC2CCCCS2(=O)=O)o1. The summed E-state index contributed by atoms with van der Waals surface area (Å²) in [6.07, 6.45) is 5.09. The molecule has 94 valence electrons. The third-order valence-electron chi connectivity index (χ3n) is 3.00. The fourth-order valence-electron chi connectivity index (χ4n) is 2.06. The Bertz CT molecular complexity index is 491. The standard InChI is InChI=1S/C11H15NO4S/c13-5-4-9-8-12-11(16-9)7-10-3-1-2-6-17(10,14)15/h5,8,10H,1-4,6-7H2. The summed E-state index contributed by atoms with van der Waals surface area (Å²) < 4.78 is 28.9. The lowest BCUT2D eigenvalue weighted by Gasteiger charge is -2.20. The van der Waals surface area contributed by atoms with Gasteiger partial charge in [-0.25, -0.2) is 13.4 Å². The van der Waals surface area contributed by atoms with Crippen molar-refractivity contribution in [1.82, 2.24) is 4.98 Å². The highest BCUT2D eigenvalue weighted by Gasteiger charge is 2.30. The topological polar surface area (TPSA) is 77.2 Å². The number of oxazole rings is 1. The Morgan fingerprint density at radius 3 is 3.00 bits per heavy atom. The molecule has 0 N–H and O–H groups in total. The van der Waals surface area contributed by atoms with E-state index in [1.54, 1.807) is 0 Å². The Morgan fingerprint density at radius 1 is 1.47 bits per heavy atom. The number of nitrogens with zero attached hydrogens (tertiary/aromatic N) is 1. The molecule has 1 aliphatic heterocycles. The van der Waals surface area contributed by atoms with Crippen LogP contribution in [-0.2, 0) is 27.5 Å². The Labute approximate surface area is 100 Å². The summed E-state index contributed by atoms with van der Waals surface area (Å²) in [5.74, 6) is 1.17. The lowest BCUT2D eigenvalue weighted by molar-refractivity contribution is -0.107. The van der Waals surface area contributed by atoms with Gasteiger partial charge in [0.2, 0.25) is 0 Å². The van der Waals surface area contributed by atoms with Crippen LogP contribution in [0.5, 0.6) is 0 Å². The molecular formula is C11H15NO4S. The number of rotatable bonds is 4. The lowest BCUT2D eigenvalue weighted by Crippen LogP contribution is -2.30. The fourth-order valence-corrected chi connectivity index (χ4v) is 3.93. The van der Waals surface area contributed by atoms with Crippen LogP contribution in [0.2, 0.25) is 0 Å². The smallest absolute Gasteiger partial charge is 0.195 e. The molecule has 1 aromatic rings. The molecule has 1 aromatic heterocycles. The van der Waals surface area contributed by atoms with E-state index in [1.807, 2.05) is 0 Å². The van der Waals surface area contributed by atoms with E-state index in [0.29, 0.717) is 24.5 Å². The van der Waals surface area contributed by atoms with Crippen molar-refractivity contribution in [2.75, 3.05) is 5.75 Å². The summed E-state index contributed by atoms with van der Waals surface area (Å²) >= 11 is 0. The number of hydrogen-bond donors (Lipinski definition) is 0. The van der Waals surface area contributed by atoms with E-state index in [0.717, 1.165) is 19.1 Å². The number of aromatic nitrogens is 1. The molecule has 1 aliphatic rings. The summed E-state index contributed by atoms with van der Waals surface area (Å²) in [5.41, 5.74) is 0. The Balaban J connectivity index is 2.06. The van der Waals surface area contributed by atoms with Gasteiger partial charge in [0, 0.05) is 6.42 Å². The molecule has 0 spiro atoms. The van der Waals surface area contributed by atoms with Crippen LogP contribution >= 0.6 is 0 Å². The second-order valence-corrected chi connectivity index (χ2v) is 6.68. The molecule has 0 aliphatic carbocycles. The van der Waals surface area contributed by atoms with Gasteiger partial charge in [-0.3, -0.25) is 0 Å². The molecule has 0 radical (unpaired) electrons. The van der Waals surface area contributed by atoms with Crippen LogP contribution in [0.25, 0.3) is 0 Å². The molecule has 5 nitrogen and oxygen atoms in total. The van der Waals surface area contributed by atoms with Crippen molar-refractivity contribution in [3.63, 3.8) is 0 Å². The third-order valence-corrected chi connectivity index (χ3v) is 5.28. The minimum absolute atomic E-state index is 0.185. The molecular weight excluding hydrogens is 242 g/mol. The maximum Gasteiger partial charge on any atom is 0.195 e. The van der Waals surface area contributed by atoms with E-state index >= 15 is 0 Å². The van der Waals surface area contributed by atoms with E-state index in [4.69, 9.17) is 4.42 Å². The Morgan fingerprint density at radius 2 is 2.29 bits per heavy atom. The van der Waals surface area contributed by atoms with Crippen LogP contribution in [0.3, 0.4) is 0 Å². The summed E-state index contributed by atoms with van der Waals surface area (Å²) in [6, 6.07) is 0. The molecule has 1 unspecified atom stereocenters. The summed E-state index contributed by atoms with van der Waals surface area (Å²) in [6.45, 7) is 0. The lowest BCUT2D eigenvalue weighted by atomic mass is 10.1. The van der Waals surface area contributed by atoms with E-state index in [2.05, 4.69) is 4.98 Å². The largest absolute Gasteiger partial charge is 0.445 e. The van der Waals surface area contributed by atoms with Crippen LogP contribution in [0, 0.1) is 0 Å². The molecule has 0 aromatic carbocycles. The highest BCUT2D eigenvalue weighted by atomic mass is 32.2. The van der Waals surface area contributed by atoms with Gasteiger partial charge in [0.15, 0.2) is 15.7 Å². The van der Waals surface area contributed by atoms with Crippen LogP contribution in [0.15, 0.2) is 10.6 Å². The molecule has 1 fully saturated rings. The maximum absolute atomic E-state index is 11.8. The average Bonchev–Trinajstić information content (AvgIpc) is 2.70. The zero-order valence-electron chi connectivity index (χ0n) is 9.46. The van der Waals surface area contributed by atoms with E-state index in [1.165, 1.54) is 6.20 Å². The minimum atomic E-state index is -2.99. The van der Waals surface area contributed by atoms with Gasteiger partial charge in [-0.2, -0.15) is 0 Å². The first-order chi connectivity index (χ1) is 8.12. The second-order valence-electron chi connectivity index (χ2n) is 4.28. The third kappa shape index (κ3) is 2.94. The number of carbonyl (C=O) groups excluding carboxylic acids is 1. The average molecular weight is 257 g/mol. The molecule has 2 heterocycles. The van der Waals surface area contributed by atoms with Gasteiger partial charge in [-0.1, -0.05) is 6.42 Å². The van der Waals surface area contributed by atoms with Crippen LogP contribution < -0.4 is 0 Å². The van der Waals surface area contributed by atoms with Crippen molar-refractivity contribution in [3.05, 3.63) is 17.8 Å². The van der Waals surface area contributed by atoms with Gasteiger partial charge in [0.05, 0.1) is 23.6 Å². The molecule has 17 heavy (non-hydrogen) atoms. The van der Waals surface area contributed by atoms with Gasteiger partial charge in [-0.15, -0.1) is 0 Å². The highest BCUT2D eigenvalue weighted by molar-refractivity contribution is 7.92. The number of hydrogen-bond acceptors (Lipinski definition) is 5. The monoisotopic (exact) mass is 257 g/mol. The molecule has 0 bridgehead atoms. The molecule has 0 saturated carbocycles. The highest BCUT2D eigenvalue weighted by Crippen LogP contribution is 2.22. The molecule has 0 amide bonds. The van der Waals surface area contributed by atoms with Gasteiger partial charge < -0.3 is 9.21 Å². The molecule has 1 atom stereocenters. The summed E-state index contributed by atoms with van der Waals surface area (Å²) in [5, 5.41) is -0.376. The normalized spacial score (nSPS) is 23.4. The Kier molecular flexibility index (Phi) is 3.61. The van der Waals surface area contributed by atoms with Crippen LogP contribution in [-0.4, -0.2) is 30.7 Å². The predicted molar refractivity (Wildman–Crippen MR) is 61.4 cm³/mol. The van der Waals surface area contributed by atoms with Gasteiger partial charge >= 0.3 is 0 Å². The van der Waals surface area contributed by atoms with Crippen molar-refractivity contribution in [3.8, 4) is 0 Å². The Hall–Kier alpha value is -1.17. The first-order valence-corrected chi connectivity index (χ1v) is 7.42. The van der Waals surface area contributed by atoms with Crippen molar-refractivity contribution < 1.29 is 17.6 Å². The van der Waals surface area contributed by atoms with Gasteiger partial charge in [0.1, 0.15) is 12.0 Å². The van der Waals surface area contributed by atoms with Crippen molar-refractivity contribution in [2.45, 2.75) is 37.4 Å². The van der Waals surface area contributed by atoms with Crippen LogP contribution in [0.4, 0.5) is 0 Å². The van der Waals surface area contributed by atoms with E-state index in [-0.39, 0.29) is 17.4 Å². The van der Waals surface area contributed by atoms with Crippen LogP contribution in [0.1, 0.15) is 30.9 Å². The first-order valence-electron chi connectivity index (χ1n) is 5.70. The van der Waals surface area contributed by atoms with E-state index < -0.39 is 9.84 Å². The molecule has 1 saturated heterocycles. The zero-order chi connectivity index (χ0) is 12.3. The van der Waals surface area contributed by atoms with Crippen molar-refractivity contribution in [1.29, 1.82) is 0 Å². The molecule has 6 heteroatoms. The van der Waals surface area contributed by atoms with Gasteiger partial charge in [-0.05, 0) is 12.8 Å². The van der Waals surface area contributed by atoms with E-state index in [9.17, 15) is 13.2 Å². The maximum atomic E-state index is 11.8. The number of carbonyl (C=O) groups is 1. The van der Waals surface area contributed by atoms with Gasteiger partial charge in [0.25, 0.3) is 0 Å². The summed E-state index contributed by atoms with van der Waals surface area (Å²) in [4.78, 5) is 14.3. The number of sulfone groups is 1.